The molecule has 1 fully saturated rings. The molecule has 5 heteroatoms. The van der Waals surface area contributed by atoms with Crippen LogP contribution in [0.25, 0.3) is 0 Å². The first-order valence-corrected chi connectivity index (χ1v) is 5.02. The van der Waals surface area contributed by atoms with Gasteiger partial charge in [-0.15, -0.1) is 12.4 Å². The van der Waals surface area contributed by atoms with Crippen LogP contribution in [0.15, 0.2) is 16.9 Å². The zero-order chi connectivity index (χ0) is 8.39. The first kappa shape index (κ1) is 11.0. The number of rotatable bonds is 2. The van der Waals surface area contributed by atoms with Gasteiger partial charge >= 0.3 is 0 Å². The average molecular weight is 267 g/mol. The molecule has 13 heavy (non-hydrogen) atoms. The first-order valence-electron chi connectivity index (χ1n) is 4.23. The summed E-state index contributed by atoms with van der Waals surface area (Å²) in [5, 5.41) is 7.57. The van der Waals surface area contributed by atoms with Gasteiger partial charge in [-0.05, 0) is 41.4 Å². The van der Waals surface area contributed by atoms with E-state index in [4.69, 9.17) is 0 Å². The lowest BCUT2D eigenvalue weighted by molar-refractivity contribution is 0.449. The van der Waals surface area contributed by atoms with Crippen LogP contribution in [0.2, 0.25) is 0 Å². The Balaban J connectivity index is 0.000000845. The second-order valence-electron chi connectivity index (χ2n) is 3.24. The van der Waals surface area contributed by atoms with Crippen molar-refractivity contribution >= 4 is 28.3 Å². The summed E-state index contributed by atoms with van der Waals surface area (Å²) in [6, 6.07) is 0. The minimum Gasteiger partial charge on any atom is -0.316 e. The highest BCUT2D eigenvalue weighted by molar-refractivity contribution is 9.10. The number of hydrogen-bond donors (Lipinski definition) is 1. The lowest BCUT2D eigenvalue weighted by Crippen LogP contribution is -2.14. The Morgan fingerprint density at radius 1 is 1.69 bits per heavy atom. The van der Waals surface area contributed by atoms with Crippen LogP contribution in [-0.2, 0) is 6.54 Å². The fraction of sp³-hybridized carbons (Fsp3) is 0.625. The minimum atomic E-state index is 0. The van der Waals surface area contributed by atoms with E-state index in [1.54, 1.807) is 0 Å². The van der Waals surface area contributed by atoms with Gasteiger partial charge in [0.25, 0.3) is 0 Å². The molecular formula is C8H13BrClN3. The van der Waals surface area contributed by atoms with E-state index in [0.717, 1.165) is 30.0 Å². The Morgan fingerprint density at radius 3 is 3.08 bits per heavy atom. The molecular weight excluding hydrogens is 253 g/mol. The Kier molecular flexibility index (Phi) is 4.22. The monoisotopic (exact) mass is 265 g/mol. The molecule has 0 radical (unpaired) electrons. The Morgan fingerprint density at radius 2 is 2.54 bits per heavy atom. The third kappa shape index (κ3) is 2.97. The van der Waals surface area contributed by atoms with Gasteiger partial charge in [0.2, 0.25) is 0 Å². The molecule has 0 aliphatic carbocycles. The van der Waals surface area contributed by atoms with Crippen molar-refractivity contribution in [1.82, 2.24) is 15.1 Å². The number of halogens is 2. The predicted molar refractivity (Wildman–Crippen MR) is 58.2 cm³/mol. The summed E-state index contributed by atoms with van der Waals surface area (Å²) in [5.74, 6) is 0.761. The molecule has 0 amide bonds. The molecule has 1 aromatic rings. The van der Waals surface area contributed by atoms with Crippen molar-refractivity contribution < 1.29 is 0 Å². The standard InChI is InChI=1S/C8H12BrN3.ClH/c9-8-4-11-12(6-8)5-7-1-2-10-3-7;/h4,6-7,10H,1-3,5H2;1H. The van der Waals surface area contributed by atoms with E-state index in [2.05, 4.69) is 26.3 Å². The summed E-state index contributed by atoms with van der Waals surface area (Å²) in [4.78, 5) is 0. The third-order valence-corrected chi connectivity index (χ3v) is 2.62. The molecule has 2 rings (SSSR count). The van der Waals surface area contributed by atoms with Crippen molar-refractivity contribution in [2.24, 2.45) is 5.92 Å². The van der Waals surface area contributed by atoms with E-state index < -0.39 is 0 Å². The summed E-state index contributed by atoms with van der Waals surface area (Å²) in [7, 11) is 0. The van der Waals surface area contributed by atoms with E-state index in [1.807, 2.05) is 17.1 Å². The molecule has 1 aliphatic rings. The normalized spacial score (nSPS) is 21.5. The molecule has 0 spiro atoms. The molecule has 1 saturated heterocycles. The summed E-state index contributed by atoms with van der Waals surface area (Å²) < 4.78 is 3.07. The molecule has 0 bridgehead atoms. The Bertz CT molecular complexity index is 258. The summed E-state index contributed by atoms with van der Waals surface area (Å²) in [5.41, 5.74) is 0. The molecule has 1 aromatic heterocycles. The van der Waals surface area contributed by atoms with Crippen molar-refractivity contribution in [2.45, 2.75) is 13.0 Å². The Labute approximate surface area is 92.4 Å². The fourth-order valence-corrected chi connectivity index (χ4v) is 1.90. The molecule has 74 valence electrons. The summed E-state index contributed by atoms with van der Waals surface area (Å²) in [6.07, 6.45) is 5.14. The van der Waals surface area contributed by atoms with Crippen LogP contribution in [0, 0.1) is 5.92 Å². The molecule has 2 heterocycles. The second-order valence-corrected chi connectivity index (χ2v) is 4.16. The van der Waals surface area contributed by atoms with E-state index in [9.17, 15) is 0 Å². The molecule has 0 saturated carbocycles. The first-order chi connectivity index (χ1) is 5.84. The van der Waals surface area contributed by atoms with Crippen molar-refractivity contribution in [3.63, 3.8) is 0 Å². The lowest BCUT2D eigenvalue weighted by atomic mass is 10.1. The van der Waals surface area contributed by atoms with Crippen molar-refractivity contribution in [3.8, 4) is 0 Å². The SMILES string of the molecule is Brc1cnn(CC2CCNC2)c1.Cl. The number of nitrogens with zero attached hydrogens (tertiary/aromatic N) is 2. The van der Waals surface area contributed by atoms with Crippen molar-refractivity contribution in [3.05, 3.63) is 16.9 Å². The second kappa shape index (κ2) is 4.98. The molecule has 0 aromatic carbocycles. The predicted octanol–water partition coefficient (Wildman–Crippen LogP) is 1.68. The highest BCUT2D eigenvalue weighted by atomic mass is 79.9. The van der Waals surface area contributed by atoms with Crippen LogP contribution in [0.4, 0.5) is 0 Å². The summed E-state index contributed by atoms with van der Waals surface area (Å²) in [6.45, 7) is 3.34. The van der Waals surface area contributed by atoms with Crippen LogP contribution in [0.3, 0.4) is 0 Å². The number of nitrogens with one attached hydrogen (secondary N) is 1. The van der Waals surface area contributed by atoms with Crippen LogP contribution in [0.1, 0.15) is 6.42 Å². The molecule has 3 nitrogen and oxygen atoms in total. The van der Waals surface area contributed by atoms with Gasteiger partial charge in [-0.1, -0.05) is 0 Å². The minimum absolute atomic E-state index is 0. The van der Waals surface area contributed by atoms with Gasteiger partial charge in [-0.25, -0.2) is 0 Å². The van der Waals surface area contributed by atoms with Gasteiger partial charge in [0, 0.05) is 12.7 Å². The van der Waals surface area contributed by atoms with Crippen LogP contribution in [-0.4, -0.2) is 22.9 Å². The number of aromatic nitrogens is 2. The van der Waals surface area contributed by atoms with Gasteiger partial charge in [0.1, 0.15) is 0 Å². The zero-order valence-corrected chi connectivity index (χ0v) is 9.64. The third-order valence-electron chi connectivity index (χ3n) is 2.21. The maximum Gasteiger partial charge on any atom is 0.0632 e. The van der Waals surface area contributed by atoms with Crippen molar-refractivity contribution in [2.75, 3.05) is 13.1 Å². The Hall–Kier alpha value is -0.0600. The van der Waals surface area contributed by atoms with E-state index in [-0.39, 0.29) is 12.4 Å². The molecule has 1 atom stereocenters. The van der Waals surface area contributed by atoms with Gasteiger partial charge in [0.05, 0.1) is 10.7 Å². The smallest absolute Gasteiger partial charge is 0.0632 e. The highest BCUT2D eigenvalue weighted by Crippen LogP contribution is 2.12. The molecule has 1 unspecified atom stereocenters. The molecule has 1 aliphatic heterocycles. The topological polar surface area (TPSA) is 29.9 Å². The zero-order valence-electron chi connectivity index (χ0n) is 7.24. The maximum atomic E-state index is 4.22. The van der Waals surface area contributed by atoms with E-state index in [0.29, 0.717) is 0 Å². The fourth-order valence-electron chi connectivity index (χ4n) is 1.57. The lowest BCUT2D eigenvalue weighted by Gasteiger charge is -2.06. The number of hydrogen-bond acceptors (Lipinski definition) is 2. The van der Waals surface area contributed by atoms with Gasteiger partial charge in [-0.2, -0.15) is 5.10 Å². The van der Waals surface area contributed by atoms with E-state index >= 15 is 0 Å². The van der Waals surface area contributed by atoms with Gasteiger partial charge in [0.15, 0.2) is 0 Å². The van der Waals surface area contributed by atoms with Gasteiger partial charge < -0.3 is 5.32 Å². The van der Waals surface area contributed by atoms with E-state index in [1.165, 1.54) is 6.42 Å². The largest absolute Gasteiger partial charge is 0.316 e. The van der Waals surface area contributed by atoms with Crippen LogP contribution < -0.4 is 5.32 Å². The highest BCUT2D eigenvalue weighted by Gasteiger charge is 2.14. The quantitative estimate of drug-likeness (QED) is 0.883. The molecule has 1 N–H and O–H groups in total. The van der Waals surface area contributed by atoms with Crippen LogP contribution >= 0.6 is 28.3 Å². The van der Waals surface area contributed by atoms with Crippen molar-refractivity contribution in [1.29, 1.82) is 0 Å². The average Bonchev–Trinajstić information content (AvgIpc) is 2.63. The van der Waals surface area contributed by atoms with Gasteiger partial charge in [-0.3, -0.25) is 4.68 Å². The maximum absolute atomic E-state index is 4.22. The summed E-state index contributed by atoms with van der Waals surface area (Å²) >= 11 is 3.38. The van der Waals surface area contributed by atoms with Crippen LogP contribution in [0.5, 0.6) is 0 Å².